The monoisotopic (exact) mass is 387 g/mol. The van der Waals surface area contributed by atoms with Gasteiger partial charge in [-0.05, 0) is 50.5 Å². The van der Waals surface area contributed by atoms with Gasteiger partial charge in [0.2, 0.25) is 0 Å². The van der Waals surface area contributed by atoms with Gasteiger partial charge >= 0.3 is 0 Å². The average molecular weight is 388 g/mol. The van der Waals surface area contributed by atoms with Gasteiger partial charge in [0.15, 0.2) is 6.61 Å². The normalized spacial score (nSPS) is 14.1. The summed E-state index contributed by atoms with van der Waals surface area (Å²) >= 11 is 1.43. The van der Waals surface area contributed by atoms with E-state index in [1.807, 2.05) is 25.1 Å². The standard InChI is InChI=1S/C20H25N3O3S/c1-12(2)23-8-7-15-16(10-23)27-20(18(15)19(21)25)22-17(24)11-26-14-6-4-5-13(3)9-14/h4-6,9,12H,7-8,10-11H2,1-3H3,(H2,21,25)(H,22,24). The van der Waals surface area contributed by atoms with Crippen LogP contribution in [0, 0.1) is 6.92 Å². The molecule has 0 saturated heterocycles. The highest BCUT2D eigenvalue weighted by Crippen LogP contribution is 2.37. The third-order valence-corrected chi connectivity index (χ3v) is 5.81. The predicted octanol–water partition coefficient (Wildman–Crippen LogP) is 2.94. The number of carbonyl (C=O) groups is 2. The fraction of sp³-hybridized carbons (Fsp3) is 0.400. The van der Waals surface area contributed by atoms with Crippen molar-refractivity contribution in [3.8, 4) is 5.75 Å². The molecule has 0 bridgehead atoms. The van der Waals surface area contributed by atoms with Crippen molar-refractivity contribution in [1.29, 1.82) is 0 Å². The van der Waals surface area contributed by atoms with Gasteiger partial charge in [-0.1, -0.05) is 12.1 Å². The molecule has 0 spiro atoms. The Hall–Kier alpha value is -2.38. The van der Waals surface area contributed by atoms with Gasteiger partial charge < -0.3 is 15.8 Å². The van der Waals surface area contributed by atoms with Crippen LogP contribution in [0.25, 0.3) is 0 Å². The fourth-order valence-electron chi connectivity index (χ4n) is 3.23. The van der Waals surface area contributed by atoms with Crippen molar-refractivity contribution in [2.45, 2.75) is 39.8 Å². The Morgan fingerprint density at radius 1 is 1.37 bits per heavy atom. The fourth-order valence-corrected chi connectivity index (χ4v) is 4.52. The molecule has 0 saturated carbocycles. The number of anilines is 1. The van der Waals surface area contributed by atoms with Crippen molar-refractivity contribution in [1.82, 2.24) is 4.90 Å². The molecule has 1 aliphatic heterocycles. The summed E-state index contributed by atoms with van der Waals surface area (Å²) in [5.41, 5.74) is 8.08. The molecule has 27 heavy (non-hydrogen) atoms. The van der Waals surface area contributed by atoms with Crippen LogP contribution in [0.15, 0.2) is 24.3 Å². The largest absolute Gasteiger partial charge is 0.484 e. The number of thiophene rings is 1. The number of amides is 2. The first-order chi connectivity index (χ1) is 12.8. The quantitative estimate of drug-likeness (QED) is 0.798. The third-order valence-electron chi connectivity index (χ3n) is 4.68. The number of rotatable bonds is 6. The molecule has 1 aromatic heterocycles. The summed E-state index contributed by atoms with van der Waals surface area (Å²) in [6, 6.07) is 7.94. The predicted molar refractivity (Wildman–Crippen MR) is 107 cm³/mol. The Bertz CT molecular complexity index is 860. The number of carbonyl (C=O) groups excluding carboxylic acids is 2. The first-order valence-corrected chi connectivity index (χ1v) is 9.84. The number of nitrogens with two attached hydrogens (primary N) is 1. The molecule has 6 nitrogen and oxygen atoms in total. The minimum Gasteiger partial charge on any atom is -0.484 e. The summed E-state index contributed by atoms with van der Waals surface area (Å²) in [4.78, 5) is 27.8. The van der Waals surface area contributed by atoms with E-state index in [-0.39, 0.29) is 12.5 Å². The highest BCUT2D eigenvalue weighted by atomic mass is 32.1. The molecule has 0 fully saturated rings. The maximum Gasteiger partial charge on any atom is 0.262 e. The molecule has 1 aliphatic rings. The first kappa shape index (κ1) is 19.4. The van der Waals surface area contributed by atoms with E-state index in [1.165, 1.54) is 11.3 Å². The van der Waals surface area contributed by atoms with Gasteiger partial charge in [0.05, 0.1) is 5.56 Å². The molecule has 0 unspecified atom stereocenters. The van der Waals surface area contributed by atoms with Crippen LogP contribution in [0.4, 0.5) is 5.00 Å². The molecule has 2 aromatic rings. The molecule has 144 valence electrons. The van der Waals surface area contributed by atoms with E-state index in [1.54, 1.807) is 6.07 Å². The smallest absolute Gasteiger partial charge is 0.262 e. The van der Waals surface area contributed by atoms with Crippen molar-refractivity contribution in [3.05, 3.63) is 45.8 Å². The number of aryl methyl sites for hydroxylation is 1. The summed E-state index contributed by atoms with van der Waals surface area (Å²) in [6.45, 7) is 7.79. The molecule has 0 aliphatic carbocycles. The van der Waals surface area contributed by atoms with Gasteiger partial charge in [-0.2, -0.15) is 0 Å². The molecule has 0 atom stereocenters. The number of nitrogens with one attached hydrogen (secondary N) is 1. The van der Waals surface area contributed by atoms with Crippen LogP contribution >= 0.6 is 11.3 Å². The van der Waals surface area contributed by atoms with Crippen molar-refractivity contribution in [2.24, 2.45) is 5.73 Å². The molecule has 2 amide bonds. The molecular formula is C20H25N3O3S. The number of hydrogen-bond acceptors (Lipinski definition) is 5. The van der Waals surface area contributed by atoms with Crippen LogP contribution in [-0.4, -0.2) is 35.9 Å². The van der Waals surface area contributed by atoms with Gasteiger partial charge in [-0.15, -0.1) is 11.3 Å². The molecule has 2 heterocycles. The van der Waals surface area contributed by atoms with Crippen LogP contribution in [0.2, 0.25) is 0 Å². The van der Waals surface area contributed by atoms with Gasteiger partial charge in [0, 0.05) is 24.0 Å². The SMILES string of the molecule is Cc1cccc(OCC(=O)Nc2sc3c(c2C(N)=O)CCN(C(C)C)C3)c1. The van der Waals surface area contributed by atoms with Crippen molar-refractivity contribution < 1.29 is 14.3 Å². The van der Waals surface area contributed by atoms with Crippen molar-refractivity contribution >= 4 is 28.2 Å². The molecule has 1 aromatic carbocycles. The molecule has 7 heteroatoms. The van der Waals surface area contributed by atoms with Crippen LogP contribution in [-0.2, 0) is 17.8 Å². The lowest BCUT2D eigenvalue weighted by molar-refractivity contribution is -0.118. The lowest BCUT2D eigenvalue weighted by Crippen LogP contribution is -2.35. The average Bonchev–Trinajstić information content (AvgIpc) is 2.97. The lowest BCUT2D eigenvalue weighted by Gasteiger charge is -2.30. The van der Waals surface area contributed by atoms with E-state index in [0.29, 0.717) is 22.4 Å². The van der Waals surface area contributed by atoms with Crippen molar-refractivity contribution in [2.75, 3.05) is 18.5 Å². The Morgan fingerprint density at radius 2 is 2.15 bits per heavy atom. The molecule has 3 N–H and O–H groups in total. The molecule has 3 rings (SSSR count). The Kier molecular flexibility index (Phi) is 5.82. The second-order valence-electron chi connectivity index (χ2n) is 7.04. The summed E-state index contributed by atoms with van der Waals surface area (Å²) in [5.74, 6) is -0.169. The zero-order valence-corrected chi connectivity index (χ0v) is 16.7. The highest BCUT2D eigenvalue weighted by molar-refractivity contribution is 7.17. The van der Waals surface area contributed by atoms with Crippen molar-refractivity contribution in [3.63, 3.8) is 0 Å². The second-order valence-corrected chi connectivity index (χ2v) is 8.14. The van der Waals surface area contributed by atoms with E-state index in [0.717, 1.165) is 35.5 Å². The van der Waals surface area contributed by atoms with Gasteiger partial charge in [-0.3, -0.25) is 14.5 Å². The van der Waals surface area contributed by atoms with Crippen LogP contribution in [0.5, 0.6) is 5.75 Å². The van der Waals surface area contributed by atoms with Gasteiger partial charge in [0.25, 0.3) is 11.8 Å². The number of ether oxygens (including phenoxy) is 1. The lowest BCUT2D eigenvalue weighted by atomic mass is 10.0. The molecular weight excluding hydrogens is 362 g/mol. The van der Waals surface area contributed by atoms with Gasteiger partial charge in [0.1, 0.15) is 10.8 Å². The van der Waals surface area contributed by atoms with E-state index in [2.05, 4.69) is 24.1 Å². The summed E-state index contributed by atoms with van der Waals surface area (Å²) in [6.07, 6.45) is 0.762. The Balaban J connectivity index is 1.72. The van der Waals surface area contributed by atoms with E-state index in [9.17, 15) is 9.59 Å². The Morgan fingerprint density at radius 3 is 2.81 bits per heavy atom. The highest BCUT2D eigenvalue weighted by Gasteiger charge is 2.28. The summed E-state index contributed by atoms with van der Waals surface area (Å²) in [7, 11) is 0. The summed E-state index contributed by atoms with van der Waals surface area (Å²) in [5, 5.41) is 3.34. The van der Waals surface area contributed by atoms with E-state index in [4.69, 9.17) is 10.5 Å². The second kappa shape index (κ2) is 8.10. The van der Waals surface area contributed by atoms with Crippen LogP contribution < -0.4 is 15.8 Å². The number of primary amides is 1. The Labute approximate surface area is 163 Å². The van der Waals surface area contributed by atoms with Gasteiger partial charge in [-0.25, -0.2) is 0 Å². The number of nitrogens with zero attached hydrogens (tertiary/aromatic N) is 1. The summed E-state index contributed by atoms with van der Waals surface area (Å²) < 4.78 is 5.54. The minimum atomic E-state index is -0.500. The topological polar surface area (TPSA) is 84.7 Å². The number of benzene rings is 1. The third kappa shape index (κ3) is 4.48. The van der Waals surface area contributed by atoms with Crippen LogP contribution in [0.3, 0.4) is 0 Å². The number of hydrogen-bond donors (Lipinski definition) is 2. The van der Waals surface area contributed by atoms with E-state index < -0.39 is 5.91 Å². The number of fused-ring (bicyclic) bond motifs is 1. The first-order valence-electron chi connectivity index (χ1n) is 9.03. The minimum absolute atomic E-state index is 0.123. The molecule has 0 radical (unpaired) electrons. The van der Waals surface area contributed by atoms with E-state index >= 15 is 0 Å². The zero-order chi connectivity index (χ0) is 19.6. The maximum atomic E-state index is 12.3. The van der Waals surface area contributed by atoms with Crippen LogP contribution in [0.1, 0.15) is 40.2 Å². The zero-order valence-electron chi connectivity index (χ0n) is 15.9. The maximum absolute atomic E-state index is 12.3.